The molecule has 1 atom stereocenters. The first kappa shape index (κ1) is 12.3. The van der Waals surface area contributed by atoms with Crippen molar-refractivity contribution in [3.05, 3.63) is 33.9 Å². The fourth-order valence-corrected chi connectivity index (χ4v) is 2.16. The highest BCUT2D eigenvalue weighted by Crippen LogP contribution is 2.28. The molecule has 0 spiro atoms. The highest BCUT2D eigenvalue weighted by molar-refractivity contribution is 5.44. The average Bonchev–Trinajstić information content (AvgIpc) is 2.20. The molecule has 0 radical (unpaired) electrons. The van der Waals surface area contributed by atoms with Crippen LogP contribution in [0.15, 0.2) is 6.07 Å². The van der Waals surface area contributed by atoms with Gasteiger partial charge in [0.15, 0.2) is 0 Å². The lowest BCUT2D eigenvalue weighted by Crippen LogP contribution is -2.07. The van der Waals surface area contributed by atoms with Gasteiger partial charge in [-0.3, -0.25) is 0 Å². The van der Waals surface area contributed by atoms with E-state index in [9.17, 15) is 0 Å². The third-order valence-corrected chi connectivity index (χ3v) is 3.65. The summed E-state index contributed by atoms with van der Waals surface area (Å²) < 4.78 is 0. The van der Waals surface area contributed by atoms with E-state index in [2.05, 4.69) is 40.7 Å². The van der Waals surface area contributed by atoms with Crippen molar-refractivity contribution in [2.45, 2.75) is 47.0 Å². The monoisotopic (exact) mass is 205 g/mol. The molecule has 0 aliphatic heterocycles. The predicted molar refractivity (Wildman–Crippen MR) is 67.5 cm³/mol. The Bertz CT molecular complexity index is 353. The van der Waals surface area contributed by atoms with Gasteiger partial charge in [0.2, 0.25) is 0 Å². The van der Waals surface area contributed by atoms with Gasteiger partial charge < -0.3 is 5.73 Å². The molecule has 1 nitrogen and oxygen atoms in total. The van der Waals surface area contributed by atoms with Crippen LogP contribution in [0.1, 0.15) is 47.1 Å². The molecule has 84 valence electrons. The predicted octanol–water partition coefficient (Wildman–Crippen LogP) is 3.37. The van der Waals surface area contributed by atoms with Gasteiger partial charge in [0, 0.05) is 0 Å². The highest BCUT2D eigenvalue weighted by atomic mass is 14.5. The SMILES string of the molecule is Cc1cc(C(C)CCN)c(C)c(C)c1C. The number of benzene rings is 1. The Morgan fingerprint density at radius 2 is 1.67 bits per heavy atom. The lowest BCUT2D eigenvalue weighted by atomic mass is 9.87. The Hall–Kier alpha value is -0.820. The minimum absolute atomic E-state index is 0.577. The van der Waals surface area contributed by atoms with Crippen LogP contribution in [0.4, 0.5) is 0 Å². The zero-order valence-corrected chi connectivity index (χ0v) is 10.6. The van der Waals surface area contributed by atoms with E-state index in [1.165, 1.54) is 27.8 Å². The van der Waals surface area contributed by atoms with Crippen molar-refractivity contribution in [3.8, 4) is 0 Å². The molecule has 1 rings (SSSR count). The Balaban J connectivity index is 3.19. The van der Waals surface area contributed by atoms with Crippen molar-refractivity contribution in [1.29, 1.82) is 0 Å². The Kier molecular flexibility index (Phi) is 3.92. The van der Waals surface area contributed by atoms with E-state index >= 15 is 0 Å². The van der Waals surface area contributed by atoms with E-state index in [1.807, 2.05) is 0 Å². The number of hydrogen-bond donors (Lipinski definition) is 1. The average molecular weight is 205 g/mol. The molecule has 1 heteroatoms. The first-order chi connectivity index (χ1) is 6.99. The van der Waals surface area contributed by atoms with Gasteiger partial charge in [-0.2, -0.15) is 0 Å². The molecular weight excluding hydrogens is 182 g/mol. The standard InChI is InChI=1S/C14H23N/c1-9(6-7-15)14-8-10(2)11(3)12(4)13(14)5/h8-9H,6-7,15H2,1-5H3. The molecule has 0 bridgehead atoms. The number of nitrogens with two attached hydrogens (primary N) is 1. The lowest BCUT2D eigenvalue weighted by Gasteiger charge is -2.19. The second-order valence-corrected chi connectivity index (χ2v) is 4.64. The van der Waals surface area contributed by atoms with E-state index < -0.39 is 0 Å². The third kappa shape index (κ3) is 2.40. The van der Waals surface area contributed by atoms with E-state index in [0.29, 0.717) is 5.92 Å². The molecule has 0 aromatic heterocycles. The topological polar surface area (TPSA) is 26.0 Å². The molecule has 0 fully saturated rings. The Morgan fingerprint density at radius 1 is 1.07 bits per heavy atom. The zero-order chi connectivity index (χ0) is 11.6. The fraction of sp³-hybridized carbons (Fsp3) is 0.571. The summed E-state index contributed by atoms with van der Waals surface area (Å²) in [5, 5.41) is 0. The summed E-state index contributed by atoms with van der Waals surface area (Å²) in [6, 6.07) is 2.33. The van der Waals surface area contributed by atoms with Crippen LogP contribution in [0.5, 0.6) is 0 Å². The molecular formula is C14H23N. The first-order valence-corrected chi connectivity index (χ1v) is 5.76. The van der Waals surface area contributed by atoms with Crippen LogP contribution >= 0.6 is 0 Å². The second kappa shape index (κ2) is 4.80. The van der Waals surface area contributed by atoms with Gasteiger partial charge in [-0.1, -0.05) is 13.0 Å². The van der Waals surface area contributed by atoms with Gasteiger partial charge in [0.25, 0.3) is 0 Å². The molecule has 1 unspecified atom stereocenters. The summed E-state index contributed by atoms with van der Waals surface area (Å²) >= 11 is 0. The van der Waals surface area contributed by atoms with Gasteiger partial charge in [-0.25, -0.2) is 0 Å². The molecule has 0 saturated carbocycles. The van der Waals surface area contributed by atoms with E-state index in [0.717, 1.165) is 13.0 Å². The van der Waals surface area contributed by atoms with Crippen molar-refractivity contribution in [2.75, 3.05) is 6.54 Å². The minimum atomic E-state index is 0.577. The van der Waals surface area contributed by atoms with Crippen molar-refractivity contribution < 1.29 is 0 Å². The highest BCUT2D eigenvalue weighted by Gasteiger charge is 2.12. The van der Waals surface area contributed by atoms with Crippen LogP contribution in [0.25, 0.3) is 0 Å². The van der Waals surface area contributed by atoms with Crippen LogP contribution in [-0.2, 0) is 0 Å². The number of rotatable bonds is 3. The summed E-state index contributed by atoms with van der Waals surface area (Å²) in [5.74, 6) is 0.577. The van der Waals surface area contributed by atoms with E-state index in [4.69, 9.17) is 5.73 Å². The lowest BCUT2D eigenvalue weighted by molar-refractivity contribution is 0.684. The normalized spacial score (nSPS) is 12.9. The van der Waals surface area contributed by atoms with Crippen LogP contribution in [0.3, 0.4) is 0 Å². The van der Waals surface area contributed by atoms with Crippen LogP contribution in [-0.4, -0.2) is 6.54 Å². The maximum Gasteiger partial charge on any atom is -0.00715 e. The van der Waals surface area contributed by atoms with Crippen LogP contribution in [0.2, 0.25) is 0 Å². The van der Waals surface area contributed by atoms with Gasteiger partial charge in [-0.15, -0.1) is 0 Å². The summed E-state index contributed by atoms with van der Waals surface area (Å²) in [5.41, 5.74) is 12.8. The number of aryl methyl sites for hydroxylation is 1. The van der Waals surface area contributed by atoms with Crippen LogP contribution < -0.4 is 5.73 Å². The maximum absolute atomic E-state index is 5.62. The molecule has 2 N–H and O–H groups in total. The molecule has 1 aromatic rings. The summed E-state index contributed by atoms with van der Waals surface area (Å²) in [7, 11) is 0. The fourth-order valence-electron chi connectivity index (χ4n) is 2.16. The Labute approximate surface area is 93.7 Å². The molecule has 15 heavy (non-hydrogen) atoms. The van der Waals surface area contributed by atoms with Crippen molar-refractivity contribution in [3.63, 3.8) is 0 Å². The van der Waals surface area contributed by atoms with Crippen molar-refractivity contribution >= 4 is 0 Å². The van der Waals surface area contributed by atoms with Gasteiger partial charge in [0.1, 0.15) is 0 Å². The second-order valence-electron chi connectivity index (χ2n) is 4.64. The maximum atomic E-state index is 5.62. The van der Waals surface area contributed by atoms with Gasteiger partial charge >= 0.3 is 0 Å². The van der Waals surface area contributed by atoms with E-state index in [-0.39, 0.29) is 0 Å². The van der Waals surface area contributed by atoms with Gasteiger partial charge in [-0.05, 0) is 74.4 Å². The minimum Gasteiger partial charge on any atom is -0.330 e. The summed E-state index contributed by atoms with van der Waals surface area (Å²) in [6.45, 7) is 11.9. The summed E-state index contributed by atoms with van der Waals surface area (Å²) in [4.78, 5) is 0. The Morgan fingerprint density at radius 3 is 2.20 bits per heavy atom. The van der Waals surface area contributed by atoms with Crippen molar-refractivity contribution in [2.24, 2.45) is 5.73 Å². The molecule has 0 amide bonds. The summed E-state index contributed by atoms with van der Waals surface area (Å²) in [6.07, 6.45) is 1.07. The quantitative estimate of drug-likeness (QED) is 0.804. The van der Waals surface area contributed by atoms with Crippen molar-refractivity contribution in [1.82, 2.24) is 0 Å². The molecule has 0 heterocycles. The zero-order valence-electron chi connectivity index (χ0n) is 10.6. The van der Waals surface area contributed by atoms with E-state index in [1.54, 1.807) is 0 Å². The molecule has 1 aromatic carbocycles. The molecule has 0 aliphatic rings. The largest absolute Gasteiger partial charge is 0.330 e. The van der Waals surface area contributed by atoms with Gasteiger partial charge in [0.05, 0.1) is 0 Å². The first-order valence-electron chi connectivity index (χ1n) is 5.76. The number of hydrogen-bond acceptors (Lipinski definition) is 1. The molecule has 0 aliphatic carbocycles. The molecule has 0 saturated heterocycles. The van der Waals surface area contributed by atoms with Crippen LogP contribution in [0, 0.1) is 27.7 Å². The third-order valence-electron chi connectivity index (χ3n) is 3.65. The smallest absolute Gasteiger partial charge is 0.00715 e.